The van der Waals surface area contributed by atoms with Crippen LogP contribution < -0.4 is 0 Å². The molecule has 0 aromatic carbocycles. The van der Waals surface area contributed by atoms with Crippen molar-refractivity contribution in [2.75, 3.05) is 6.61 Å². The van der Waals surface area contributed by atoms with E-state index in [4.69, 9.17) is 10.2 Å². The van der Waals surface area contributed by atoms with Crippen LogP contribution in [0.1, 0.15) is 26.7 Å². The number of hydrogen-bond acceptors (Lipinski definition) is 3. The number of unbranched alkanes of at least 4 members (excludes halogenated alkanes) is 1. The Labute approximate surface area is 73.7 Å². The first-order valence-electron chi connectivity index (χ1n) is 4.08. The summed E-state index contributed by atoms with van der Waals surface area (Å²) in [6, 6.07) is 0. The minimum absolute atomic E-state index is 0.139. The summed E-state index contributed by atoms with van der Waals surface area (Å²) in [6.07, 6.45) is 5.77. The highest BCUT2D eigenvalue weighted by molar-refractivity contribution is 5.64. The number of hydrogen-bond donors (Lipinski definition) is 2. The molecule has 0 aromatic rings. The van der Waals surface area contributed by atoms with E-state index in [1.807, 2.05) is 6.08 Å². The third-order valence-electron chi connectivity index (χ3n) is 0.934. The van der Waals surface area contributed by atoms with Crippen LogP contribution in [-0.2, 0) is 4.79 Å². The predicted octanol–water partition coefficient (Wildman–Crippen LogP) is 0.901. The number of carbonyl (C=O) groups is 1. The number of rotatable bonds is 4. The van der Waals surface area contributed by atoms with Crippen LogP contribution in [0.15, 0.2) is 12.2 Å². The minimum Gasteiger partial charge on any atom is -0.394 e. The molecule has 0 fully saturated rings. The van der Waals surface area contributed by atoms with E-state index >= 15 is 0 Å². The van der Waals surface area contributed by atoms with Crippen LogP contribution in [0.5, 0.6) is 0 Å². The van der Waals surface area contributed by atoms with Crippen LogP contribution >= 0.6 is 0 Å². The molecule has 0 aromatic heterocycles. The Morgan fingerprint density at radius 3 is 2.25 bits per heavy atom. The van der Waals surface area contributed by atoms with Crippen molar-refractivity contribution in [1.82, 2.24) is 0 Å². The monoisotopic (exact) mass is 174 g/mol. The maximum absolute atomic E-state index is 9.59. The van der Waals surface area contributed by atoms with Gasteiger partial charge in [-0.05, 0) is 19.4 Å². The first-order valence-corrected chi connectivity index (χ1v) is 4.08. The molecule has 0 aliphatic heterocycles. The van der Waals surface area contributed by atoms with Crippen molar-refractivity contribution in [3.8, 4) is 0 Å². The fourth-order valence-corrected chi connectivity index (χ4v) is 0.318. The SMILES string of the molecule is CC(O)CO.CCC/C=C/C=O. The molecule has 0 heterocycles. The van der Waals surface area contributed by atoms with Crippen molar-refractivity contribution in [1.29, 1.82) is 0 Å². The summed E-state index contributed by atoms with van der Waals surface area (Å²) in [5.41, 5.74) is 0. The van der Waals surface area contributed by atoms with Crippen molar-refractivity contribution in [3.63, 3.8) is 0 Å². The fraction of sp³-hybridized carbons (Fsp3) is 0.667. The zero-order chi connectivity index (χ0) is 9.82. The van der Waals surface area contributed by atoms with Crippen molar-refractivity contribution < 1.29 is 15.0 Å². The second kappa shape index (κ2) is 13.0. The molecule has 1 unspecified atom stereocenters. The van der Waals surface area contributed by atoms with Gasteiger partial charge in [0.05, 0.1) is 12.7 Å². The molecule has 72 valence electrons. The molecular weight excluding hydrogens is 156 g/mol. The molecule has 0 aliphatic rings. The predicted molar refractivity (Wildman–Crippen MR) is 48.9 cm³/mol. The summed E-state index contributed by atoms with van der Waals surface area (Å²) in [5.74, 6) is 0. The van der Waals surface area contributed by atoms with Crippen LogP contribution in [0, 0.1) is 0 Å². The van der Waals surface area contributed by atoms with Gasteiger partial charge in [0.25, 0.3) is 0 Å². The molecule has 0 radical (unpaired) electrons. The summed E-state index contributed by atoms with van der Waals surface area (Å²) >= 11 is 0. The summed E-state index contributed by atoms with van der Waals surface area (Å²) < 4.78 is 0. The van der Waals surface area contributed by atoms with Crippen molar-refractivity contribution in [3.05, 3.63) is 12.2 Å². The quantitative estimate of drug-likeness (QED) is 0.492. The lowest BCUT2D eigenvalue weighted by molar-refractivity contribution is -0.104. The van der Waals surface area contributed by atoms with E-state index in [1.54, 1.807) is 0 Å². The van der Waals surface area contributed by atoms with Gasteiger partial charge < -0.3 is 10.2 Å². The fourth-order valence-electron chi connectivity index (χ4n) is 0.318. The lowest BCUT2D eigenvalue weighted by atomic mass is 10.3. The molecule has 3 heteroatoms. The molecule has 0 rings (SSSR count). The molecule has 0 amide bonds. The van der Waals surface area contributed by atoms with E-state index in [0.29, 0.717) is 0 Å². The van der Waals surface area contributed by atoms with Gasteiger partial charge in [0.2, 0.25) is 0 Å². The van der Waals surface area contributed by atoms with Crippen LogP contribution in [-0.4, -0.2) is 29.2 Å². The zero-order valence-corrected chi connectivity index (χ0v) is 7.73. The standard InChI is InChI=1S/C6H10O.C3H8O2/c1-2-3-4-5-6-7;1-3(5)2-4/h4-6H,2-3H2,1H3;3-5H,2H2,1H3/b5-4+;. The lowest BCUT2D eigenvalue weighted by Crippen LogP contribution is -2.03. The van der Waals surface area contributed by atoms with E-state index in [-0.39, 0.29) is 6.61 Å². The zero-order valence-electron chi connectivity index (χ0n) is 7.73. The molecule has 0 aliphatic carbocycles. The molecule has 12 heavy (non-hydrogen) atoms. The Morgan fingerprint density at radius 1 is 1.50 bits per heavy atom. The van der Waals surface area contributed by atoms with Gasteiger partial charge in [-0.2, -0.15) is 0 Å². The van der Waals surface area contributed by atoms with E-state index in [9.17, 15) is 4.79 Å². The Morgan fingerprint density at radius 2 is 2.00 bits per heavy atom. The Balaban J connectivity index is 0. The second-order valence-corrected chi connectivity index (χ2v) is 2.38. The van der Waals surface area contributed by atoms with Crippen LogP contribution in [0.2, 0.25) is 0 Å². The van der Waals surface area contributed by atoms with Crippen LogP contribution in [0.25, 0.3) is 0 Å². The first-order chi connectivity index (χ1) is 5.68. The van der Waals surface area contributed by atoms with Gasteiger partial charge in [-0.1, -0.05) is 19.4 Å². The third kappa shape index (κ3) is 22.8. The van der Waals surface area contributed by atoms with E-state index in [2.05, 4.69) is 6.92 Å². The smallest absolute Gasteiger partial charge is 0.142 e. The van der Waals surface area contributed by atoms with Gasteiger partial charge in [0, 0.05) is 0 Å². The number of carbonyl (C=O) groups excluding carboxylic acids is 1. The minimum atomic E-state index is -0.560. The summed E-state index contributed by atoms with van der Waals surface area (Å²) in [6.45, 7) is 3.47. The highest BCUT2D eigenvalue weighted by atomic mass is 16.3. The maximum atomic E-state index is 9.59. The number of aliphatic hydroxyl groups is 2. The molecule has 3 nitrogen and oxygen atoms in total. The van der Waals surface area contributed by atoms with Crippen molar-refractivity contribution in [2.24, 2.45) is 0 Å². The van der Waals surface area contributed by atoms with E-state index in [0.717, 1.165) is 19.1 Å². The normalized spacial score (nSPS) is 12.0. The summed E-state index contributed by atoms with van der Waals surface area (Å²) in [7, 11) is 0. The topological polar surface area (TPSA) is 57.5 Å². The van der Waals surface area contributed by atoms with Crippen LogP contribution in [0.3, 0.4) is 0 Å². The van der Waals surface area contributed by atoms with Gasteiger partial charge in [-0.15, -0.1) is 0 Å². The third-order valence-corrected chi connectivity index (χ3v) is 0.934. The Bertz CT molecular complexity index is 108. The maximum Gasteiger partial charge on any atom is 0.142 e. The van der Waals surface area contributed by atoms with Crippen molar-refractivity contribution >= 4 is 6.29 Å². The Hall–Kier alpha value is -0.670. The van der Waals surface area contributed by atoms with Crippen LogP contribution in [0.4, 0.5) is 0 Å². The van der Waals surface area contributed by atoms with Crippen molar-refractivity contribution in [2.45, 2.75) is 32.8 Å². The highest BCUT2D eigenvalue weighted by Gasteiger charge is 1.83. The van der Waals surface area contributed by atoms with E-state index in [1.165, 1.54) is 13.0 Å². The van der Waals surface area contributed by atoms with Gasteiger partial charge >= 0.3 is 0 Å². The van der Waals surface area contributed by atoms with E-state index < -0.39 is 6.10 Å². The molecular formula is C9H18O3. The summed E-state index contributed by atoms with van der Waals surface area (Å²) in [5, 5.41) is 16.0. The Kier molecular flexibility index (Phi) is 15.0. The molecule has 0 saturated heterocycles. The second-order valence-electron chi connectivity index (χ2n) is 2.38. The summed E-state index contributed by atoms with van der Waals surface area (Å²) in [4.78, 5) is 9.59. The lowest BCUT2D eigenvalue weighted by Gasteiger charge is -1.90. The van der Waals surface area contributed by atoms with Gasteiger partial charge in [0.15, 0.2) is 0 Å². The van der Waals surface area contributed by atoms with Gasteiger partial charge in [0.1, 0.15) is 6.29 Å². The van der Waals surface area contributed by atoms with Gasteiger partial charge in [-0.25, -0.2) is 0 Å². The molecule has 2 N–H and O–H groups in total. The highest BCUT2D eigenvalue weighted by Crippen LogP contribution is 1.85. The average molecular weight is 174 g/mol. The number of aliphatic hydroxyl groups excluding tert-OH is 2. The van der Waals surface area contributed by atoms with Gasteiger partial charge in [-0.3, -0.25) is 4.79 Å². The number of aldehydes is 1. The first kappa shape index (κ1) is 13.9. The molecule has 0 spiro atoms. The molecule has 0 saturated carbocycles. The molecule has 1 atom stereocenters. The number of allylic oxidation sites excluding steroid dienone is 2. The largest absolute Gasteiger partial charge is 0.394 e. The average Bonchev–Trinajstić information content (AvgIpc) is 2.07. The molecule has 0 bridgehead atoms.